The van der Waals surface area contributed by atoms with Crippen LogP contribution in [0, 0.1) is 13.8 Å². The predicted octanol–water partition coefficient (Wildman–Crippen LogP) is 3.77. The average Bonchev–Trinajstić information content (AvgIpc) is 3.13. The first-order valence-electron chi connectivity index (χ1n) is 8.98. The molecule has 1 N–H and O–H groups in total. The number of rotatable bonds is 7. The van der Waals surface area contributed by atoms with Crippen molar-refractivity contribution in [1.82, 2.24) is 4.98 Å². The third-order valence-electron chi connectivity index (χ3n) is 4.38. The lowest BCUT2D eigenvalue weighted by atomic mass is 10.1. The van der Waals surface area contributed by atoms with Crippen molar-refractivity contribution in [2.24, 2.45) is 0 Å². The van der Waals surface area contributed by atoms with E-state index in [9.17, 15) is 13.2 Å². The Bertz CT molecular complexity index is 1140. The second-order valence-electron chi connectivity index (χ2n) is 6.57. The number of nitrogens with zero attached hydrogens (tertiary/aromatic N) is 1. The molecular formula is C21H22N2O5S. The van der Waals surface area contributed by atoms with Crippen LogP contribution >= 0.6 is 0 Å². The molecule has 0 saturated heterocycles. The number of anilines is 1. The van der Waals surface area contributed by atoms with Crippen LogP contribution in [0.25, 0.3) is 11.3 Å². The number of carbonyl (C=O) groups excluding carboxylic acids is 1. The summed E-state index contributed by atoms with van der Waals surface area (Å²) in [5.74, 6) is 0.906. The van der Waals surface area contributed by atoms with E-state index >= 15 is 0 Å². The topological polar surface area (TPSA) is 98.5 Å². The summed E-state index contributed by atoms with van der Waals surface area (Å²) in [5, 5.41) is 2.69. The number of sulfone groups is 1. The van der Waals surface area contributed by atoms with Gasteiger partial charge in [-0.2, -0.15) is 0 Å². The highest BCUT2D eigenvalue weighted by Gasteiger charge is 2.20. The Morgan fingerprint density at radius 1 is 1.17 bits per heavy atom. The molecule has 1 amide bonds. The Morgan fingerprint density at radius 2 is 1.97 bits per heavy atom. The first-order valence-corrected chi connectivity index (χ1v) is 10.6. The first-order chi connectivity index (χ1) is 13.8. The van der Waals surface area contributed by atoms with Crippen LogP contribution < -0.4 is 10.1 Å². The Balaban J connectivity index is 1.73. The molecule has 29 heavy (non-hydrogen) atoms. The van der Waals surface area contributed by atoms with Crippen molar-refractivity contribution in [1.29, 1.82) is 0 Å². The van der Waals surface area contributed by atoms with Crippen molar-refractivity contribution in [3.63, 3.8) is 0 Å². The van der Waals surface area contributed by atoms with E-state index in [0.717, 1.165) is 0 Å². The lowest BCUT2D eigenvalue weighted by Gasteiger charge is -2.10. The Kier molecular flexibility index (Phi) is 6.03. The third-order valence-corrected chi connectivity index (χ3v) is 6.23. The van der Waals surface area contributed by atoms with Gasteiger partial charge >= 0.3 is 0 Å². The van der Waals surface area contributed by atoms with Gasteiger partial charge in [0.1, 0.15) is 5.75 Å². The van der Waals surface area contributed by atoms with Crippen molar-refractivity contribution in [3.8, 4) is 17.1 Å². The van der Waals surface area contributed by atoms with Crippen molar-refractivity contribution in [2.75, 3.05) is 18.2 Å². The normalized spacial score (nSPS) is 11.3. The van der Waals surface area contributed by atoms with Crippen molar-refractivity contribution >= 4 is 21.4 Å². The zero-order chi connectivity index (χ0) is 21.0. The van der Waals surface area contributed by atoms with Crippen LogP contribution in [0.15, 0.2) is 58.0 Å². The summed E-state index contributed by atoms with van der Waals surface area (Å²) in [6.07, 6.45) is 1.39. The number of hydrogen-bond acceptors (Lipinski definition) is 6. The molecule has 0 bridgehead atoms. The molecular weight excluding hydrogens is 392 g/mol. The van der Waals surface area contributed by atoms with Crippen LogP contribution in [0.3, 0.4) is 0 Å². The lowest BCUT2D eigenvalue weighted by molar-refractivity contribution is -0.115. The van der Waals surface area contributed by atoms with Crippen LogP contribution in [-0.4, -0.2) is 32.2 Å². The summed E-state index contributed by atoms with van der Waals surface area (Å²) < 4.78 is 36.3. The number of ether oxygens (including phenoxy) is 1. The van der Waals surface area contributed by atoms with Crippen LogP contribution in [0.1, 0.15) is 17.9 Å². The number of nitrogens with one attached hydrogen (secondary N) is 1. The first kappa shape index (κ1) is 20.6. The molecule has 0 spiro atoms. The van der Waals surface area contributed by atoms with Gasteiger partial charge in [-0.05, 0) is 30.7 Å². The Hall–Kier alpha value is -3.13. The molecule has 0 atom stereocenters. The fraction of sp³-hybridized carbons (Fsp3) is 0.238. The number of benzene rings is 2. The molecule has 1 aromatic heterocycles. The molecule has 0 aliphatic heterocycles. The van der Waals surface area contributed by atoms with Crippen LogP contribution in [0.4, 0.5) is 5.69 Å². The van der Waals surface area contributed by atoms with Gasteiger partial charge in [-0.1, -0.05) is 18.2 Å². The maximum Gasteiger partial charge on any atom is 0.225 e. The molecule has 0 aliphatic carbocycles. The number of oxazole rings is 1. The molecule has 3 rings (SSSR count). The van der Waals surface area contributed by atoms with E-state index in [1.807, 2.05) is 0 Å². The summed E-state index contributed by atoms with van der Waals surface area (Å²) in [6.45, 7) is 3.44. The number of methoxy groups -OCH3 is 1. The van der Waals surface area contributed by atoms with E-state index in [4.69, 9.17) is 9.15 Å². The lowest BCUT2D eigenvalue weighted by Crippen LogP contribution is -2.18. The fourth-order valence-corrected chi connectivity index (χ4v) is 4.38. The van der Waals surface area contributed by atoms with Gasteiger partial charge in [-0.25, -0.2) is 13.4 Å². The molecule has 7 nitrogen and oxygen atoms in total. The number of carbonyl (C=O) groups is 1. The predicted molar refractivity (Wildman–Crippen MR) is 110 cm³/mol. The molecule has 0 aliphatic rings. The van der Waals surface area contributed by atoms with E-state index in [0.29, 0.717) is 34.2 Å². The van der Waals surface area contributed by atoms with Crippen LogP contribution in [-0.2, 0) is 14.6 Å². The highest BCUT2D eigenvalue weighted by molar-refractivity contribution is 7.91. The van der Waals surface area contributed by atoms with Gasteiger partial charge in [-0.15, -0.1) is 0 Å². The fourth-order valence-electron chi connectivity index (χ4n) is 2.84. The molecule has 0 saturated carbocycles. The molecule has 3 aromatic rings. The molecule has 1 heterocycles. The van der Waals surface area contributed by atoms with E-state index in [1.54, 1.807) is 62.5 Å². The smallest absolute Gasteiger partial charge is 0.225 e. The number of amides is 1. The van der Waals surface area contributed by atoms with Gasteiger partial charge in [-0.3, -0.25) is 4.79 Å². The van der Waals surface area contributed by atoms with E-state index in [1.165, 1.54) is 7.11 Å². The second-order valence-corrected chi connectivity index (χ2v) is 8.65. The van der Waals surface area contributed by atoms with Crippen molar-refractivity contribution in [3.05, 3.63) is 60.1 Å². The standard InChI is InChI=1S/C21H22N2O5S/c1-14-7-8-16(19-13-22-15(2)28-19)11-20(14)29(25,26)10-9-21(24)23-17-5-4-6-18(12-17)27-3/h4-8,11-13H,9-10H2,1-3H3,(H,23,24). The molecule has 0 fully saturated rings. The minimum absolute atomic E-state index is 0.162. The number of hydrogen-bond donors (Lipinski definition) is 1. The molecule has 8 heteroatoms. The maximum absolute atomic E-state index is 12.9. The number of aromatic nitrogens is 1. The van der Waals surface area contributed by atoms with Crippen LogP contribution in [0.2, 0.25) is 0 Å². The van der Waals surface area contributed by atoms with Gasteiger partial charge in [0.05, 0.1) is 24.0 Å². The second kappa shape index (κ2) is 8.48. The highest BCUT2D eigenvalue weighted by atomic mass is 32.2. The summed E-state index contributed by atoms with van der Waals surface area (Å²) in [7, 11) is -2.13. The zero-order valence-electron chi connectivity index (χ0n) is 16.4. The minimum atomic E-state index is -3.66. The van der Waals surface area contributed by atoms with E-state index in [-0.39, 0.29) is 23.0 Å². The minimum Gasteiger partial charge on any atom is -0.497 e. The largest absolute Gasteiger partial charge is 0.497 e. The third kappa shape index (κ3) is 5.03. The summed E-state index contributed by atoms with van der Waals surface area (Å²) >= 11 is 0. The molecule has 2 aromatic carbocycles. The van der Waals surface area contributed by atoms with Crippen molar-refractivity contribution < 1.29 is 22.4 Å². The van der Waals surface area contributed by atoms with E-state index < -0.39 is 9.84 Å². The molecule has 0 unspecified atom stereocenters. The Morgan fingerprint density at radius 3 is 2.66 bits per heavy atom. The SMILES string of the molecule is COc1cccc(NC(=O)CCS(=O)(=O)c2cc(-c3cnc(C)o3)ccc2C)c1. The monoisotopic (exact) mass is 414 g/mol. The van der Waals surface area contributed by atoms with E-state index in [2.05, 4.69) is 10.3 Å². The van der Waals surface area contributed by atoms with Gasteiger partial charge in [0.15, 0.2) is 21.5 Å². The zero-order valence-corrected chi connectivity index (χ0v) is 17.2. The molecule has 152 valence electrons. The number of aryl methyl sites for hydroxylation is 2. The highest BCUT2D eigenvalue weighted by Crippen LogP contribution is 2.27. The average molecular weight is 414 g/mol. The maximum atomic E-state index is 12.9. The quantitative estimate of drug-likeness (QED) is 0.632. The molecule has 0 radical (unpaired) electrons. The summed E-state index contributed by atoms with van der Waals surface area (Å²) in [4.78, 5) is 16.4. The van der Waals surface area contributed by atoms with Gasteiger partial charge < -0.3 is 14.5 Å². The van der Waals surface area contributed by atoms with Gasteiger partial charge in [0.2, 0.25) is 5.91 Å². The van der Waals surface area contributed by atoms with Gasteiger partial charge in [0, 0.05) is 30.7 Å². The summed E-state index contributed by atoms with van der Waals surface area (Å²) in [5.41, 5.74) is 1.78. The Labute approximate surface area is 169 Å². The summed E-state index contributed by atoms with van der Waals surface area (Å²) in [6, 6.07) is 11.9. The van der Waals surface area contributed by atoms with Gasteiger partial charge in [0.25, 0.3) is 0 Å². The van der Waals surface area contributed by atoms with Crippen LogP contribution in [0.5, 0.6) is 5.75 Å². The van der Waals surface area contributed by atoms with Crippen molar-refractivity contribution in [2.45, 2.75) is 25.2 Å².